The van der Waals surface area contributed by atoms with Gasteiger partial charge in [0.05, 0.1) is 0 Å². The van der Waals surface area contributed by atoms with Gasteiger partial charge in [-0.15, -0.1) is 0 Å². The molecule has 0 radical (unpaired) electrons. The topological polar surface area (TPSA) is 60.4 Å². The summed E-state index contributed by atoms with van der Waals surface area (Å²) in [5, 5.41) is 0.484. The first-order valence-corrected chi connectivity index (χ1v) is 19.1. The molecule has 0 heterocycles. The van der Waals surface area contributed by atoms with Crippen LogP contribution in [0.4, 0.5) is 0 Å². The van der Waals surface area contributed by atoms with E-state index in [4.69, 9.17) is 4.74 Å². The predicted octanol–water partition coefficient (Wildman–Crippen LogP) is 4.69. The van der Waals surface area contributed by atoms with Crippen LogP contribution in [0.5, 0.6) is 0 Å². The van der Waals surface area contributed by atoms with Crippen LogP contribution in [0.2, 0.25) is 23.5 Å². The molecule has 194 valence electrons. The van der Waals surface area contributed by atoms with Crippen molar-refractivity contribution in [1.29, 1.82) is 0 Å². The summed E-state index contributed by atoms with van der Waals surface area (Å²) in [6.45, 7) is 8.54. The Morgan fingerprint density at radius 1 is 0.919 bits per heavy atom. The Balaban J connectivity index is 1.83. The molecule has 1 unspecified atom stereocenters. The summed E-state index contributed by atoms with van der Waals surface area (Å²) < 4.78 is 34.9. The molecule has 7 heteroatoms. The van der Waals surface area contributed by atoms with Crippen molar-refractivity contribution >= 4 is 48.5 Å². The number of esters is 1. The van der Waals surface area contributed by atoms with Gasteiger partial charge in [-0.25, -0.2) is 0 Å². The molecule has 0 spiro atoms. The summed E-state index contributed by atoms with van der Waals surface area (Å²) in [5.41, 5.74) is 0.795. The van der Waals surface area contributed by atoms with Crippen molar-refractivity contribution in [3.05, 3.63) is 103 Å². The van der Waals surface area contributed by atoms with Gasteiger partial charge < -0.3 is 0 Å². The molecule has 0 aromatic heterocycles. The zero-order chi connectivity index (χ0) is 26.6. The van der Waals surface area contributed by atoms with Crippen molar-refractivity contribution in [1.82, 2.24) is 0 Å². The van der Waals surface area contributed by atoms with Gasteiger partial charge in [-0.3, -0.25) is 0 Å². The van der Waals surface area contributed by atoms with Gasteiger partial charge in [0, 0.05) is 0 Å². The first-order chi connectivity index (χ1) is 17.7. The van der Waals surface area contributed by atoms with E-state index in [1.54, 1.807) is 12.1 Å². The fourth-order valence-electron chi connectivity index (χ4n) is 5.27. The number of rotatable bonds is 9. The molecule has 0 saturated carbocycles. The van der Waals surface area contributed by atoms with Crippen molar-refractivity contribution < 1.29 is 17.9 Å². The van der Waals surface area contributed by atoms with Gasteiger partial charge in [0.2, 0.25) is 0 Å². The normalized spacial score (nSPS) is 20.5. The molecule has 0 N–H and O–H groups in total. The van der Waals surface area contributed by atoms with Gasteiger partial charge in [-0.05, 0) is 0 Å². The van der Waals surface area contributed by atoms with E-state index in [2.05, 4.69) is 25.2 Å². The van der Waals surface area contributed by atoms with Crippen molar-refractivity contribution in [2.45, 2.75) is 47.4 Å². The van der Waals surface area contributed by atoms with Crippen LogP contribution in [0, 0.1) is 12.8 Å². The number of hydrogen-bond donors (Lipinski definition) is 0. The Kier molecular flexibility index (Phi) is 8.59. The monoisotopic (exact) mass is 598 g/mol. The van der Waals surface area contributed by atoms with Gasteiger partial charge in [0.25, 0.3) is 0 Å². The molecule has 0 bridgehead atoms. The van der Waals surface area contributed by atoms with Gasteiger partial charge in [0.15, 0.2) is 0 Å². The molecule has 1 aliphatic rings. The molecule has 3 aromatic carbocycles. The van der Waals surface area contributed by atoms with Crippen molar-refractivity contribution in [2.24, 2.45) is 5.92 Å². The van der Waals surface area contributed by atoms with Gasteiger partial charge in [0.1, 0.15) is 0 Å². The van der Waals surface area contributed by atoms with Gasteiger partial charge in [-0.1, -0.05) is 0 Å². The third-order valence-electron chi connectivity index (χ3n) is 7.23. The Morgan fingerprint density at radius 2 is 1.51 bits per heavy atom. The average Bonchev–Trinajstić information content (AvgIpc) is 3.35. The summed E-state index contributed by atoms with van der Waals surface area (Å²) in [5.74, 6) is -0.469. The fraction of sp³-hybridized carbons (Fsp3) is 0.300. The number of ether oxygens (including phenoxy) is 1. The SMILES string of the molecule is CCOC(=O)C([Se]c1ccccc1)[C@@H]1C=C[C@H](S(=O)(=O)c2ccc(C)cc2)[C@H]1[Si](C)(C)c1ccccc1. The summed E-state index contributed by atoms with van der Waals surface area (Å²) in [7, 11) is -6.08. The number of carbonyl (C=O) groups is 1. The summed E-state index contributed by atoms with van der Waals surface area (Å²) in [6, 6.07) is 27.3. The molecule has 0 aliphatic heterocycles. The second-order valence-corrected chi connectivity index (χ2v) is 19.3. The molecule has 1 aliphatic carbocycles. The van der Waals surface area contributed by atoms with Crippen LogP contribution in [0.3, 0.4) is 0 Å². The molecule has 3 aromatic rings. The first-order valence-electron chi connectivity index (χ1n) is 12.6. The summed E-state index contributed by atoms with van der Waals surface area (Å²) >= 11 is -0.218. The van der Waals surface area contributed by atoms with Crippen LogP contribution >= 0.6 is 0 Å². The maximum absolute atomic E-state index is 14.1. The number of sulfone groups is 1. The summed E-state index contributed by atoms with van der Waals surface area (Å²) in [6.07, 6.45) is 3.86. The van der Waals surface area contributed by atoms with Crippen molar-refractivity contribution in [3.8, 4) is 0 Å². The van der Waals surface area contributed by atoms with Crippen LogP contribution in [0.15, 0.2) is 102 Å². The molecular weight excluding hydrogens is 563 g/mol. The van der Waals surface area contributed by atoms with E-state index in [1.165, 1.54) is 5.19 Å². The molecule has 37 heavy (non-hydrogen) atoms. The molecule has 4 rings (SSSR count). The van der Waals surface area contributed by atoms with E-state index in [0.717, 1.165) is 10.0 Å². The van der Waals surface area contributed by atoms with Crippen LogP contribution in [-0.4, -0.2) is 49.3 Å². The van der Waals surface area contributed by atoms with Crippen molar-refractivity contribution in [3.63, 3.8) is 0 Å². The standard InChI is InChI=1S/C30H34O4SSeSi/c1-5-34-30(31)28(36-24-12-8-6-9-13-24)26-20-21-27(35(32,33)23-18-16-22(2)17-19-23)29(26)37(3,4)25-14-10-7-11-15-25/h6-21,26-29H,5H2,1-4H3/t26-,27-,28?,29-/m0/s1. The molecule has 0 saturated heterocycles. The maximum atomic E-state index is 14.1. The Morgan fingerprint density at radius 3 is 2.11 bits per heavy atom. The Labute approximate surface area is 228 Å². The zero-order valence-corrected chi connectivity index (χ0v) is 25.2. The van der Waals surface area contributed by atoms with E-state index in [9.17, 15) is 13.2 Å². The van der Waals surface area contributed by atoms with E-state index in [1.807, 2.05) is 86.7 Å². The van der Waals surface area contributed by atoms with Gasteiger partial charge in [-0.2, -0.15) is 0 Å². The third-order valence-corrected chi connectivity index (χ3v) is 16.5. The number of aryl methyl sites for hydroxylation is 1. The predicted molar refractivity (Wildman–Crippen MR) is 154 cm³/mol. The summed E-state index contributed by atoms with van der Waals surface area (Å²) in [4.78, 5) is 13.4. The third kappa shape index (κ3) is 5.85. The Hall–Kier alpha value is -2.44. The molecule has 4 atom stereocenters. The minimum atomic E-state index is -3.67. The zero-order valence-electron chi connectivity index (χ0n) is 21.7. The molecular formula is C30H34O4SSeSi. The van der Waals surface area contributed by atoms with Crippen LogP contribution in [0.1, 0.15) is 12.5 Å². The second kappa shape index (κ2) is 11.5. The molecule has 0 fully saturated rings. The molecule has 4 nitrogen and oxygen atoms in total. The van der Waals surface area contributed by atoms with Crippen LogP contribution < -0.4 is 9.65 Å². The van der Waals surface area contributed by atoms with Crippen molar-refractivity contribution in [2.75, 3.05) is 6.61 Å². The quantitative estimate of drug-likeness (QED) is 0.204. The fourth-order valence-corrected chi connectivity index (χ4v) is 15.0. The van der Waals surface area contributed by atoms with Gasteiger partial charge >= 0.3 is 229 Å². The molecule has 0 amide bonds. The minimum absolute atomic E-state index is 0.218. The number of hydrogen-bond acceptors (Lipinski definition) is 4. The van der Waals surface area contributed by atoms with E-state index < -0.39 is 28.0 Å². The average molecular weight is 598 g/mol. The number of benzene rings is 3. The number of carbonyl (C=O) groups excluding carboxylic acids is 1. The van der Waals surface area contributed by atoms with E-state index in [-0.39, 0.29) is 32.4 Å². The van der Waals surface area contributed by atoms with Crippen LogP contribution in [0.25, 0.3) is 0 Å². The van der Waals surface area contributed by atoms with E-state index in [0.29, 0.717) is 11.5 Å². The second-order valence-electron chi connectivity index (χ2n) is 10.0. The first kappa shape index (κ1) is 27.6. The Bertz CT molecular complexity index is 1340. The number of allylic oxidation sites excluding steroid dienone is 1. The van der Waals surface area contributed by atoms with E-state index >= 15 is 0 Å². The van der Waals surface area contributed by atoms with Crippen LogP contribution in [-0.2, 0) is 19.4 Å².